The van der Waals surface area contributed by atoms with Gasteiger partial charge in [0, 0.05) is 5.02 Å². The molecule has 1 rings (SSSR count). The SMILES string of the molecule is CCCC(O)c1ccc(C)c(Cl)c1. The second kappa shape index (κ2) is 4.64. The highest BCUT2D eigenvalue weighted by atomic mass is 35.5. The number of rotatable bonds is 3. The second-order valence-corrected chi connectivity index (χ2v) is 3.72. The molecule has 1 nitrogen and oxygen atoms in total. The largest absolute Gasteiger partial charge is 0.388 e. The molecule has 0 aromatic heterocycles. The van der Waals surface area contributed by atoms with E-state index in [4.69, 9.17) is 11.6 Å². The second-order valence-electron chi connectivity index (χ2n) is 3.31. The van der Waals surface area contributed by atoms with Crippen LogP contribution in [0, 0.1) is 6.92 Å². The van der Waals surface area contributed by atoms with Crippen LogP contribution in [0.25, 0.3) is 0 Å². The van der Waals surface area contributed by atoms with Gasteiger partial charge in [-0.15, -0.1) is 0 Å². The molecule has 0 saturated carbocycles. The summed E-state index contributed by atoms with van der Waals surface area (Å²) in [5.41, 5.74) is 1.96. The zero-order valence-electron chi connectivity index (χ0n) is 8.05. The maximum absolute atomic E-state index is 9.68. The standard InChI is InChI=1S/C11H15ClO/c1-3-4-11(13)9-6-5-8(2)10(12)7-9/h5-7,11,13H,3-4H2,1-2H3. The molecule has 0 fully saturated rings. The Morgan fingerprint density at radius 3 is 2.69 bits per heavy atom. The minimum Gasteiger partial charge on any atom is -0.388 e. The minimum atomic E-state index is -0.372. The fraction of sp³-hybridized carbons (Fsp3) is 0.455. The lowest BCUT2D eigenvalue weighted by atomic mass is 10.0. The molecular weight excluding hydrogens is 184 g/mol. The molecule has 0 amide bonds. The van der Waals surface area contributed by atoms with E-state index in [-0.39, 0.29) is 6.10 Å². The van der Waals surface area contributed by atoms with Gasteiger partial charge in [0.2, 0.25) is 0 Å². The van der Waals surface area contributed by atoms with Crippen molar-refractivity contribution in [2.75, 3.05) is 0 Å². The number of aryl methyl sites for hydroxylation is 1. The molecule has 0 aliphatic carbocycles. The minimum absolute atomic E-state index is 0.372. The van der Waals surface area contributed by atoms with Crippen LogP contribution in [0.2, 0.25) is 5.02 Å². The number of benzene rings is 1. The van der Waals surface area contributed by atoms with Gasteiger partial charge in [0.25, 0.3) is 0 Å². The van der Waals surface area contributed by atoms with Crippen LogP contribution in [0.4, 0.5) is 0 Å². The predicted octanol–water partition coefficient (Wildman–Crippen LogP) is 3.48. The van der Waals surface area contributed by atoms with Gasteiger partial charge in [0.1, 0.15) is 0 Å². The number of aliphatic hydroxyl groups excluding tert-OH is 1. The van der Waals surface area contributed by atoms with Crippen molar-refractivity contribution in [3.63, 3.8) is 0 Å². The van der Waals surface area contributed by atoms with Crippen molar-refractivity contribution in [1.82, 2.24) is 0 Å². The van der Waals surface area contributed by atoms with Gasteiger partial charge in [-0.05, 0) is 30.5 Å². The van der Waals surface area contributed by atoms with Crippen LogP contribution in [0.15, 0.2) is 18.2 Å². The van der Waals surface area contributed by atoms with Gasteiger partial charge in [-0.25, -0.2) is 0 Å². The zero-order chi connectivity index (χ0) is 9.84. The van der Waals surface area contributed by atoms with E-state index in [1.807, 2.05) is 25.1 Å². The first-order valence-electron chi connectivity index (χ1n) is 4.59. The Hall–Kier alpha value is -0.530. The Balaban J connectivity index is 2.84. The summed E-state index contributed by atoms with van der Waals surface area (Å²) in [6.45, 7) is 4.01. The van der Waals surface area contributed by atoms with Crippen molar-refractivity contribution >= 4 is 11.6 Å². The van der Waals surface area contributed by atoms with Crippen molar-refractivity contribution in [2.24, 2.45) is 0 Å². The smallest absolute Gasteiger partial charge is 0.0790 e. The van der Waals surface area contributed by atoms with Crippen molar-refractivity contribution < 1.29 is 5.11 Å². The summed E-state index contributed by atoms with van der Waals surface area (Å²) in [5.74, 6) is 0. The molecule has 0 saturated heterocycles. The third-order valence-corrected chi connectivity index (χ3v) is 2.55. The van der Waals surface area contributed by atoms with E-state index in [1.165, 1.54) is 0 Å². The summed E-state index contributed by atoms with van der Waals surface area (Å²) in [4.78, 5) is 0. The van der Waals surface area contributed by atoms with Crippen LogP contribution in [0.3, 0.4) is 0 Å². The summed E-state index contributed by atoms with van der Waals surface area (Å²) in [6.07, 6.45) is 1.40. The normalized spacial score (nSPS) is 12.9. The summed E-state index contributed by atoms with van der Waals surface area (Å²) in [5, 5.41) is 10.4. The number of halogens is 1. The molecule has 1 aromatic rings. The maximum atomic E-state index is 9.68. The summed E-state index contributed by atoms with van der Waals surface area (Å²) < 4.78 is 0. The molecule has 0 heterocycles. The van der Waals surface area contributed by atoms with Gasteiger partial charge in [-0.1, -0.05) is 37.1 Å². The van der Waals surface area contributed by atoms with Crippen molar-refractivity contribution in [3.8, 4) is 0 Å². The first-order valence-corrected chi connectivity index (χ1v) is 4.97. The Labute approximate surface area is 84.4 Å². The molecule has 1 aromatic carbocycles. The average Bonchev–Trinajstić information content (AvgIpc) is 2.10. The van der Waals surface area contributed by atoms with Crippen LogP contribution < -0.4 is 0 Å². The van der Waals surface area contributed by atoms with E-state index in [2.05, 4.69) is 6.92 Å². The van der Waals surface area contributed by atoms with Crippen LogP contribution in [0.5, 0.6) is 0 Å². The quantitative estimate of drug-likeness (QED) is 0.789. The highest BCUT2D eigenvalue weighted by Crippen LogP contribution is 2.23. The van der Waals surface area contributed by atoms with Crippen LogP contribution in [-0.4, -0.2) is 5.11 Å². The topological polar surface area (TPSA) is 20.2 Å². The van der Waals surface area contributed by atoms with Crippen LogP contribution >= 0.6 is 11.6 Å². The van der Waals surface area contributed by atoms with Gasteiger partial charge >= 0.3 is 0 Å². The number of hydrogen-bond donors (Lipinski definition) is 1. The Morgan fingerprint density at radius 1 is 1.46 bits per heavy atom. The highest BCUT2D eigenvalue weighted by molar-refractivity contribution is 6.31. The molecule has 1 unspecified atom stereocenters. The molecule has 0 aliphatic rings. The molecule has 1 atom stereocenters. The van der Waals surface area contributed by atoms with Crippen molar-refractivity contribution in [2.45, 2.75) is 32.8 Å². The van der Waals surface area contributed by atoms with Gasteiger partial charge in [0.05, 0.1) is 6.10 Å². The highest BCUT2D eigenvalue weighted by Gasteiger charge is 2.06. The Kier molecular flexibility index (Phi) is 3.76. The molecule has 0 spiro atoms. The van der Waals surface area contributed by atoms with E-state index < -0.39 is 0 Å². The monoisotopic (exact) mass is 198 g/mol. The fourth-order valence-corrected chi connectivity index (χ4v) is 1.45. The third-order valence-electron chi connectivity index (χ3n) is 2.14. The average molecular weight is 199 g/mol. The molecular formula is C11H15ClO. The van der Waals surface area contributed by atoms with Crippen LogP contribution in [-0.2, 0) is 0 Å². The number of hydrogen-bond acceptors (Lipinski definition) is 1. The van der Waals surface area contributed by atoms with Crippen LogP contribution in [0.1, 0.15) is 37.0 Å². The number of aliphatic hydroxyl groups is 1. The van der Waals surface area contributed by atoms with E-state index in [0.717, 1.165) is 29.0 Å². The van der Waals surface area contributed by atoms with Gasteiger partial charge < -0.3 is 5.11 Å². The van der Waals surface area contributed by atoms with Gasteiger partial charge in [-0.2, -0.15) is 0 Å². The summed E-state index contributed by atoms with van der Waals surface area (Å²) in [6, 6.07) is 5.72. The molecule has 0 bridgehead atoms. The molecule has 2 heteroatoms. The molecule has 1 N–H and O–H groups in total. The van der Waals surface area contributed by atoms with E-state index in [1.54, 1.807) is 0 Å². The lowest BCUT2D eigenvalue weighted by Crippen LogP contribution is -1.96. The molecule has 0 aliphatic heterocycles. The first-order chi connectivity index (χ1) is 6.15. The Bertz CT molecular complexity index is 283. The predicted molar refractivity (Wildman–Crippen MR) is 56.1 cm³/mol. The zero-order valence-corrected chi connectivity index (χ0v) is 8.80. The van der Waals surface area contributed by atoms with Crippen molar-refractivity contribution in [1.29, 1.82) is 0 Å². The molecule has 72 valence electrons. The Morgan fingerprint density at radius 2 is 2.15 bits per heavy atom. The maximum Gasteiger partial charge on any atom is 0.0790 e. The van der Waals surface area contributed by atoms with Gasteiger partial charge in [-0.3, -0.25) is 0 Å². The third kappa shape index (κ3) is 2.71. The molecule has 0 radical (unpaired) electrons. The summed E-state index contributed by atoms with van der Waals surface area (Å²) >= 11 is 5.95. The first kappa shape index (κ1) is 10.6. The van der Waals surface area contributed by atoms with Crippen molar-refractivity contribution in [3.05, 3.63) is 34.3 Å². The van der Waals surface area contributed by atoms with E-state index >= 15 is 0 Å². The lowest BCUT2D eigenvalue weighted by Gasteiger charge is -2.10. The summed E-state index contributed by atoms with van der Waals surface area (Å²) in [7, 11) is 0. The van der Waals surface area contributed by atoms with Gasteiger partial charge in [0.15, 0.2) is 0 Å². The van der Waals surface area contributed by atoms with E-state index in [9.17, 15) is 5.11 Å². The molecule has 13 heavy (non-hydrogen) atoms. The fourth-order valence-electron chi connectivity index (χ4n) is 1.26. The lowest BCUT2D eigenvalue weighted by molar-refractivity contribution is 0.166. The van der Waals surface area contributed by atoms with E-state index in [0.29, 0.717) is 0 Å².